The third kappa shape index (κ3) is 3.66. The van der Waals surface area contributed by atoms with Crippen LogP contribution in [0.5, 0.6) is 5.75 Å². The lowest BCUT2D eigenvalue weighted by Gasteiger charge is -2.16. The molecular weight excluding hydrogens is 222 g/mol. The normalized spacial score (nSPS) is 11.2. The fourth-order valence-electron chi connectivity index (χ4n) is 1.22. The van der Waals surface area contributed by atoms with Crippen LogP contribution in [0, 0.1) is 17.0 Å². The van der Waals surface area contributed by atoms with Crippen molar-refractivity contribution in [2.45, 2.75) is 26.6 Å². The fourth-order valence-corrected chi connectivity index (χ4v) is 1.82. The number of rotatable bonds is 4. The number of aryl methyl sites for hydroxylation is 1. The Kier molecular flexibility index (Phi) is 3.69. The van der Waals surface area contributed by atoms with Gasteiger partial charge in [0.1, 0.15) is 5.75 Å². The maximum Gasteiger partial charge on any atom is 0.272 e. The topological polar surface area (TPSA) is 52.4 Å². The van der Waals surface area contributed by atoms with Crippen LogP contribution in [-0.4, -0.2) is 19.2 Å². The molecule has 0 unspecified atom stereocenters. The van der Waals surface area contributed by atoms with E-state index >= 15 is 0 Å². The van der Waals surface area contributed by atoms with Crippen molar-refractivity contribution in [1.29, 1.82) is 0 Å². The minimum atomic E-state index is -1.25. The minimum absolute atomic E-state index is 0.139. The molecule has 0 heterocycles. The molecule has 0 saturated carbocycles. The number of nitro benzene ring substituents is 1. The standard InChI is InChI=1S/C11H17NO3Si/c1-9-7-10(15-8-16(2,3)4)5-6-11(9)12(13)14/h5-7H,8H2,1-4H3. The minimum Gasteiger partial charge on any atom is -0.497 e. The lowest BCUT2D eigenvalue weighted by Crippen LogP contribution is -2.30. The van der Waals surface area contributed by atoms with Gasteiger partial charge < -0.3 is 4.74 Å². The number of nitrogens with zero attached hydrogens (tertiary/aromatic N) is 1. The molecule has 4 nitrogen and oxygen atoms in total. The number of hydrogen-bond donors (Lipinski definition) is 0. The van der Waals surface area contributed by atoms with Crippen molar-refractivity contribution < 1.29 is 9.66 Å². The van der Waals surface area contributed by atoms with Gasteiger partial charge in [-0.05, 0) is 19.1 Å². The van der Waals surface area contributed by atoms with Gasteiger partial charge in [0.15, 0.2) is 0 Å². The molecule has 0 aliphatic carbocycles. The van der Waals surface area contributed by atoms with E-state index in [0.717, 1.165) is 6.23 Å². The van der Waals surface area contributed by atoms with Crippen LogP contribution in [0.15, 0.2) is 18.2 Å². The zero-order chi connectivity index (χ0) is 12.3. The summed E-state index contributed by atoms with van der Waals surface area (Å²) in [5.74, 6) is 0.713. The van der Waals surface area contributed by atoms with E-state index in [9.17, 15) is 10.1 Å². The maximum absolute atomic E-state index is 10.6. The fraction of sp³-hybridized carbons (Fsp3) is 0.455. The molecule has 1 aromatic carbocycles. The zero-order valence-corrected chi connectivity index (χ0v) is 11.1. The van der Waals surface area contributed by atoms with Gasteiger partial charge in [0.2, 0.25) is 0 Å². The van der Waals surface area contributed by atoms with Gasteiger partial charge in [0.05, 0.1) is 19.2 Å². The first-order chi connectivity index (χ1) is 7.29. The highest BCUT2D eigenvalue weighted by atomic mass is 28.3. The van der Waals surface area contributed by atoms with Crippen LogP contribution in [0.25, 0.3) is 0 Å². The maximum atomic E-state index is 10.6. The number of nitro groups is 1. The lowest BCUT2D eigenvalue weighted by molar-refractivity contribution is -0.385. The molecule has 0 spiro atoms. The molecule has 0 fully saturated rings. The van der Waals surface area contributed by atoms with Crippen LogP contribution in [0.4, 0.5) is 5.69 Å². The van der Waals surface area contributed by atoms with Crippen molar-refractivity contribution in [3.63, 3.8) is 0 Å². The van der Waals surface area contributed by atoms with Gasteiger partial charge >= 0.3 is 0 Å². The van der Waals surface area contributed by atoms with E-state index in [1.54, 1.807) is 19.1 Å². The Labute approximate surface area is 96.4 Å². The molecule has 88 valence electrons. The Morgan fingerprint density at radius 2 is 2.00 bits per heavy atom. The van der Waals surface area contributed by atoms with Crippen molar-refractivity contribution >= 4 is 13.8 Å². The molecule has 16 heavy (non-hydrogen) atoms. The molecule has 0 N–H and O–H groups in total. The second kappa shape index (κ2) is 4.65. The highest BCUT2D eigenvalue weighted by Gasteiger charge is 2.15. The quantitative estimate of drug-likeness (QED) is 0.460. The molecule has 0 amide bonds. The van der Waals surface area contributed by atoms with Crippen molar-refractivity contribution in [2.24, 2.45) is 0 Å². The highest BCUT2D eigenvalue weighted by molar-refractivity contribution is 6.76. The summed E-state index contributed by atoms with van der Waals surface area (Å²) in [4.78, 5) is 10.2. The zero-order valence-electron chi connectivity index (χ0n) is 10.1. The van der Waals surface area contributed by atoms with E-state index in [1.807, 2.05) is 0 Å². The molecule has 0 bridgehead atoms. The summed E-state index contributed by atoms with van der Waals surface area (Å²) in [5, 5.41) is 10.6. The lowest BCUT2D eigenvalue weighted by atomic mass is 10.2. The summed E-state index contributed by atoms with van der Waals surface area (Å²) >= 11 is 0. The Hall–Kier alpha value is -1.36. The predicted octanol–water partition coefficient (Wildman–Crippen LogP) is 3.16. The molecular formula is C11H17NO3Si. The predicted molar refractivity (Wildman–Crippen MR) is 66.7 cm³/mol. The summed E-state index contributed by atoms with van der Waals surface area (Å²) in [6, 6.07) is 4.87. The van der Waals surface area contributed by atoms with Crippen LogP contribution < -0.4 is 4.74 Å². The summed E-state index contributed by atoms with van der Waals surface area (Å²) < 4.78 is 5.63. The molecule has 0 radical (unpaired) electrons. The van der Waals surface area contributed by atoms with Crippen LogP contribution in [0.3, 0.4) is 0 Å². The molecule has 0 aromatic heterocycles. The monoisotopic (exact) mass is 239 g/mol. The van der Waals surface area contributed by atoms with E-state index < -0.39 is 8.07 Å². The summed E-state index contributed by atoms with van der Waals surface area (Å²) in [7, 11) is -1.25. The molecule has 0 aliphatic heterocycles. The second-order valence-electron chi connectivity index (χ2n) is 5.05. The van der Waals surface area contributed by atoms with Gasteiger partial charge in [-0.15, -0.1) is 0 Å². The van der Waals surface area contributed by atoms with Gasteiger partial charge in [-0.2, -0.15) is 0 Å². The second-order valence-corrected chi connectivity index (χ2v) is 10.5. The Bertz CT molecular complexity index is 399. The van der Waals surface area contributed by atoms with Crippen LogP contribution in [0.1, 0.15) is 5.56 Å². The van der Waals surface area contributed by atoms with E-state index in [-0.39, 0.29) is 10.6 Å². The largest absolute Gasteiger partial charge is 0.497 e. The first-order valence-corrected chi connectivity index (χ1v) is 8.88. The number of benzene rings is 1. The van der Waals surface area contributed by atoms with E-state index in [1.165, 1.54) is 6.07 Å². The van der Waals surface area contributed by atoms with Crippen molar-refractivity contribution in [3.05, 3.63) is 33.9 Å². The summed E-state index contributed by atoms with van der Waals surface area (Å²) in [6.45, 7) is 8.36. The number of ether oxygens (including phenoxy) is 1. The smallest absolute Gasteiger partial charge is 0.272 e. The van der Waals surface area contributed by atoms with Crippen LogP contribution in [-0.2, 0) is 0 Å². The first kappa shape index (κ1) is 12.7. The third-order valence-corrected chi connectivity index (χ3v) is 3.05. The average molecular weight is 239 g/mol. The van der Waals surface area contributed by atoms with Crippen molar-refractivity contribution in [3.8, 4) is 5.75 Å². The molecule has 0 atom stereocenters. The van der Waals surface area contributed by atoms with Gasteiger partial charge in [0.25, 0.3) is 5.69 Å². The summed E-state index contributed by atoms with van der Waals surface area (Å²) in [6.07, 6.45) is 0.726. The van der Waals surface area contributed by atoms with E-state index in [4.69, 9.17) is 4.74 Å². The van der Waals surface area contributed by atoms with Gasteiger partial charge in [-0.1, -0.05) is 19.6 Å². The van der Waals surface area contributed by atoms with Gasteiger partial charge in [-0.3, -0.25) is 10.1 Å². The number of hydrogen-bond acceptors (Lipinski definition) is 3. The van der Waals surface area contributed by atoms with Crippen LogP contribution in [0.2, 0.25) is 19.6 Å². The van der Waals surface area contributed by atoms with Gasteiger partial charge in [0, 0.05) is 11.6 Å². The Balaban J connectivity index is 2.78. The highest BCUT2D eigenvalue weighted by Crippen LogP contribution is 2.23. The van der Waals surface area contributed by atoms with E-state index in [0.29, 0.717) is 11.3 Å². The van der Waals surface area contributed by atoms with Crippen molar-refractivity contribution in [1.82, 2.24) is 0 Å². The third-order valence-electron chi connectivity index (χ3n) is 2.04. The molecule has 0 aliphatic rings. The van der Waals surface area contributed by atoms with Gasteiger partial charge in [-0.25, -0.2) is 0 Å². The van der Waals surface area contributed by atoms with Crippen molar-refractivity contribution in [2.75, 3.05) is 6.23 Å². The Morgan fingerprint density at radius 3 is 2.44 bits per heavy atom. The van der Waals surface area contributed by atoms with E-state index in [2.05, 4.69) is 19.6 Å². The molecule has 1 rings (SSSR count). The SMILES string of the molecule is Cc1cc(OC[Si](C)(C)C)ccc1[N+](=O)[O-]. The average Bonchev–Trinajstić information content (AvgIpc) is 2.13. The first-order valence-electron chi connectivity index (χ1n) is 5.17. The van der Waals surface area contributed by atoms with Crippen LogP contribution >= 0.6 is 0 Å². The molecule has 0 saturated heterocycles. The summed E-state index contributed by atoms with van der Waals surface area (Å²) in [5.41, 5.74) is 0.776. The molecule has 1 aromatic rings. The Morgan fingerprint density at radius 1 is 1.38 bits per heavy atom. The molecule has 5 heteroatoms.